The van der Waals surface area contributed by atoms with Gasteiger partial charge in [-0.15, -0.1) is 0 Å². The Kier molecular flexibility index (Phi) is 9.17. The third-order valence-electron chi connectivity index (χ3n) is 11.5. The topological polar surface area (TPSA) is 54.0 Å². The number of rotatable bonds is 8. The lowest BCUT2D eigenvalue weighted by Gasteiger charge is -2.14. The summed E-state index contributed by atoms with van der Waals surface area (Å²) in [4.78, 5) is 14.9. The Morgan fingerprint density at radius 2 is 0.738 bits per heavy atom. The number of fused-ring (bicyclic) bond motifs is 3. The quantitative estimate of drug-likeness (QED) is 0.144. The Bertz CT molecular complexity index is 3190. The van der Waals surface area contributed by atoms with E-state index in [1.165, 1.54) is 27.5 Å². The van der Waals surface area contributed by atoms with Gasteiger partial charge in [0.1, 0.15) is 0 Å². The van der Waals surface area contributed by atoms with Crippen molar-refractivity contribution in [3.8, 4) is 67.5 Å². The van der Waals surface area contributed by atoms with Crippen molar-refractivity contribution in [1.82, 2.24) is 19.6 Å². The Balaban J connectivity index is 0.946. The smallest absolute Gasteiger partial charge is 0.208 e. The molecule has 0 fully saturated rings. The average molecular weight is 781 g/mol. The summed E-state index contributed by atoms with van der Waals surface area (Å²) < 4.78 is 2.15. The molecule has 1 aliphatic heterocycles. The first-order valence-electron chi connectivity index (χ1n) is 20.6. The molecule has 1 atom stereocenters. The van der Waals surface area contributed by atoms with Crippen LogP contribution in [0.25, 0.3) is 78.3 Å². The van der Waals surface area contributed by atoms with Crippen LogP contribution in [0.15, 0.2) is 230 Å². The van der Waals surface area contributed by atoms with Crippen molar-refractivity contribution in [3.63, 3.8) is 0 Å². The Labute approximate surface area is 354 Å². The van der Waals surface area contributed by atoms with E-state index >= 15 is 0 Å². The molecule has 1 aliphatic rings. The molecule has 0 N–H and O–H groups in total. The van der Waals surface area contributed by atoms with E-state index in [2.05, 4.69) is 193 Å². The van der Waals surface area contributed by atoms with Gasteiger partial charge in [-0.1, -0.05) is 200 Å². The van der Waals surface area contributed by atoms with Crippen LogP contribution in [-0.4, -0.2) is 15.0 Å². The van der Waals surface area contributed by atoms with E-state index in [0.29, 0.717) is 17.5 Å². The maximum Gasteiger partial charge on any atom is 0.252 e. The molecule has 0 amide bonds. The lowest BCUT2D eigenvalue weighted by Crippen LogP contribution is -2.00. The number of azo groups is 2. The first-order valence-corrected chi connectivity index (χ1v) is 20.6. The molecule has 10 aromatic rings. The van der Waals surface area contributed by atoms with Gasteiger partial charge in [-0.3, -0.25) is 0 Å². The monoisotopic (exact) mass is 780 g/mol. The molecule has 0 saturated carbocycles. The van der Waals surface area contributed by atoms with E-state index in [4.69, 9.17) is 20.1 Å². The summed E-state index contributed by atoms with van der Waals surface area (Å²) in [6.45, 7) is 0. The molecule has 1 unspecified atom stereocenters. The zero-order valence-corrected chi connectivity index (χ0v) is 33.2. The maximum absolute atomic E-state index is 5.41. The van der Waals surface area contributed by atoms with Crippen molar-refractivity contribution >= 4 is 22.1 Å². The molecule has 5 nitrogen and oxygen atoms in total. The fraction of sp³-hybridized carbons (Fsp3) is 0.0179. The van der Waals surface area contributed by atoms with Gasteiger partial charge < -0.3 is 0 Å². The number of para-hydroxylation sites is 1. The zero-order chi connectivity index (χ0) is 40.5. The molecular weight excluding hydrogens is 743 g/mol. The summed E-state index contributed by atoms with van der Waals surface area (Å²) in [5.74, 6) is 1.91. The van der Waals surface area contributed by atoms with Gasteiger partial charge in [0.05, 0.1) is 10.9 Å². The Morgan fingerprint density at radius 1 is 0.344 bits per heavy atom. The predicted octanol–water partition coefficient (Wildman–Crippen LogP) is 14.4. The molecular formula is C56H38N5+. The van der Waals surface area contributed by atoms with Gasteiger partial charge in [0, 0.05) is 28.8 Å². The van der Waals surface area contributed by atoms with Crippen molar-refractivity contribution in [2.75, 3.05) is 0 Å². The Morgan fingerprint density at radius 3 is 1.28 bits per heavy atom. The summed E-state index contributed by atoms with van der Waals surface area (Å²) in [7, 11) is 0. The normalized spacial score (nSPS) is 13.2. The highest BCUT2D eigenvalue weighted by Crippen LogP contribution is 2.50. The number of hydrogen-bond acceptors (Lipinski definition) is 4. The lowest BCUT2D eigenvalue weighted by molar-refractivity contribution is 0.776. The highest BCUT2D eigenvalue weighted by molar-refractivity contribution is 6.01. The van der Waals surface area contributed by atoms with Gasteiger partial charge in [-0.25, -0.2) is 15.0 Å². The highest BCUT2D eigenvalue weighted by Gasteiger charge is 2.39. The number of aromatic nitrogens is 3. The second kappa shape index (κ2) is 15.6. The maximum atomic E-state index is 5.41. The first-order chi connectivity index (χ1) is 30.2. The Hall–Kier alpha value is -8.15. The van der Waals surface area contributed by atoms with Gasteiger partial charge in [0.2, 0.25) is 5.69 Å². The van der Waals surface area contributed by atoms with Gasteiger partial charge >= 0.3 is 0 Å². The van der Waals surface area contributed by atoms with Crippen LogP contribution in [0.3, 0.4) is 0 Å². The van der Waals surface area contributed by atoms with Crippen molar-refractivity contribution < 1.29 is 0 Å². The van der Waals surface area contributed by atoms with Crippen LogP contribution in [0, 0.1) is 0 Å². The molecule has 0 bridgehead atoms. The van der Waals surface area contributed by atoms with Crippen LogP contribution in [0.4, 0.5) is 11.4 Å². The molecule has 0 saturated heterocycles. The molecule has 61 heavy (non-hydrogen) atoms. The summed E-state index contributed by atoms with van der Waals surface area (Å²) in [5, 5.41) is 7.78. The van der Waals surface area contributed by atoms with E-state index in [0.717, 1.165) is 55.9 Å². The molecule has 0 radical (unpaired) electrons. The minimum atomic E-state index is -0.157. The first kappa shape index (κ1) is 36.0. The summed E-state index contributed by atoms with van der Waals surface area (Å²) in [6.07, 6.45) is 0. The number of hydrogen-bond donors (Lipinski definition) is 0. The van der Waals surface area contributed by atoms with E-state index < -0.39 is 0 Å². The number of nitrogens with zero attached hydrogens (tertiary/aromatic N) is 5. The van der Waals surface area contributed by atoms with E-state index in [9.17, 15) is 0 Å². The van der Waals surface area contributed by atoms with E-state index in [-0.39, 0.29) is 6.04 Å². The lowest BCUT2D eigenvalue weighted by atomic mass is 9.87. The fourth-order valence-electron chi connectivity index (χ4n) is 8.40. The second-order valence-corrected chi connectivity index (χ2v) is 15.3. The molecule has 1 aromatic heterocycles. The van der Waals surface area contributed by atoms with Crippen LogP contribution < -0.4 is 4.70 Å². The largest absolute Gasteiger partial charge is 0.252 e. The van der Waals surface area contributed by atoms with Gasteiger partial charge in [0.15, 0.2) is 23.5 Å². The van der Waals surface area contributed by atoms with Gasteiger partial charge in [0.25, 0.3) is 5.69 Å². The minimum Gasteiger partial charge on any atom is -0.208 e. The van der Waals surface area contributed by atoms with Crippen molar-refractivity contribution in [3.05, 3.63) is 236 Å². The summed E-state index contributed by atoms with van der Waals surface area (Å²) >= 11 is 0. The SMILES string of the molecule is c1ccc(-c2ccc(-c3nc(-c4ccccc4)nc(-c4ccc(-c5ccc(-c6cc7ccccc7c7c6C(c6ccccc6)N=[N+]7c6ccccc6)cc5)cc4)n3)cc2)cc1. The van der Waals surface area contributed by atoms with Crippen molar-refractivity contribution in [1.29, 1.82) is 0 Å². The molecule has 2 heterocycles. The van der Waals surface area contributed by atoms with Gasteiger partial charge in [-0.2, -0.15) is 0 Å². The average Bonchev–Trinajstić information content (AvgIpc) is 3.76. The van der Waals surface area contributed by atoms with Crippen LogP contribution >= 0.6 is 0 Å². The summed E-state index contributed by atoms with van der Waals surface area (Å²) in [5.41, 5.74) is 14.2. The van der Waals surface area contributed by atoms with E-state index in [1.54, 1.807) is 0 Å². The van der Waals surface area contributed by atoms with E-state index in [1.807, 2.05) is 36.4 Å². The molecule has 0 aliphatic carbocycles. The predicted molar refractivity (Wildman–Crippen MR) is 249 cm³/mol. The zero-order valence-electron chi connectivity index (χ0n) is 33.2. The molecule has 0 spiro atoms. The van der Waals surface area contributed by atoms with Crippen molar-refractivity contribution in [2.45, 2.75) is 6.04 Å². The molecule has 9 aromatic carbocycles. The highest BCUT2D eigenvalue weighted by atomic mass is 15.3. The van der Waals surface area contributed by atoms with Gasteiger partial charge in [-0.05, 0) is 66.3 Å². The summed E-state index contributed by atoms with van der Waals surface area (Å²) in [6, 6.07) is 78.3. The molecule has 5 heteroatoms. The minimum absolute atomic E-state index is 0.157. The second-order valence-electron chi connectivity index (χ2n) is 15.3. The standard InChI is InChI=1S/C56H38N5/c1-5-15-38(16-6-1)39-27-33-45(34-28-39)55-57-54(44-19-9-3-10-20-44)58-56(59-55)46-35-29-41(30-36-46)40-25-31-42(32-26-40)50-37-47-21-13-14-24-49(47)53-51(50)52(43-17-7-2-8-18-43)60-61(53)48-22-11-4-12-23-48/h1-37,52H/q+1. The van der Waals surface area contributed by atoms with Crippen LogP contribution in [0.1, 0.15) is 17.2 Å². The third kappa shape index (κ3) is 6.88. The molecule has 11 rings (SSSR count). The van der Waals surface area contributed by atoms with Crippen LogP contribution in [-0.2, 0) is 0 Å². The number of benzene rings is 9. The van der Waals surface area contributed by atoms with Crippen LogP contribution in [0.5, 0.6) is 0 Å². The molecule has 286 valence electrons. The fourth-order valence-corrected chi connectivity index (χ4v) is 8.40. The van der Waals surface area contributed by atoms with Crippen LogP contribution in [0.2, 0.25) is 0 Å². The van der Waals surface area contributed by atoms with Crippen molar-refractivity contribution in [2.24, 2.45) is 5.11 Å². The third-order valence-corrected chi connectivity index (χ3v) is 11.5.